The smallest absolute Gasteiger partial charge is 0.326 e. The van der Waals surface area contributed by atoms with E-state index in [-0.39, 0.29) is 11.9 Å². The maximum absolute atomic E-state index is 11.9. The molecule has 96 valence electrons. The van der Waals surface area contributed by atoms with Crippen LogP contribution in [0.15, 0.2) is 5.11 Å². The van der Waals surface area contributed by atoms with Crippen LogP contribution in [0.5, 0.6) is 0 Å². The Morgan fingerprint density at radius 1 is 1.76 bits per heavy atom. The molecule has 7 nitrogen and oxygen atoms in total. The van der Waals surface area contributed by atoms with Crippen molar-refractivity contribution in [3.8, 4) is 0 Å². The van der Waals surface area contributed by atoms with Gasteiger partial charge in [-0.15, -0.1) is 0 Å². The largest absolute Gasteiger partial charge is 0.468 e. The molecular formula is C10H19N5O2. The lowest BCUT2D eigenvalue weighted by Crippen LogP contribution is -2.63. The molecule has 1 aliphatic rings. The van der Waals surface area contributed by atoms with Crippen LogP contribution in [0.2, 0.25) is 0 Å². The van der Waals surface area contributed by atoms with Crippen LogP contribution in [0.1, 0.15) is 13.3 Å². The summed E-state index contributed by atoms with van der Waals surface area (Å²) >= 11 is 0. The monoisotopic (exact) mass is 241 g/mol. The average molecular weight is 241 g/mol. The number of methoxy groups -OCH3 is 1. The summed E-state index contributed by atoms with van der Waals surface area (Å²) < 4.78 is 4.89. The fraction of sp³-hybridized carbons (Fsp3) is 0.900. The molecule has 2 atom stereocenters. The van der Waals surface area contributed by atoms with Crippen LogP contribution in [0.4, 0.5) is 0 Å². The van der Waals surface area contributed by atoms with E-state index in [9.17, 15) is 4.79 Å². The highest BCUT2D eigenvalue weighted by Gasteiger charge is 2.45. The first kappa shape index (κ1) is 13.8. The van der Waals surface area contributed by atoms with Crippen LogP contribution in [0.3, 0.4) is 0 Å². The molecule has 2 N–H and O–H groups in total. The summed E-state index contributed by atoms with van der Waals surface area (Å²) in [6, 6.07) is 0. The number of carbonyl (C=O) groups is 1. The quantitative estimate of drug-likeness (QED) is 0.240. The Balaban J connectivity index is 2.70. The molecule has 1 aliphatic heterocycles. The number of piperidine rings is 1. The van der Waals surface area contributed by atoms with Gasteiger partial charge in [0.1, 0.15) is 5.54 Å². The number of hydrogen-bond acceptors (Lipinski definition) is 5. The molecule has 1 saturated heterocycles. The van der Waals surface area contributed by atoms with E-state index in [1.54, 1.807) is 0 Å². The van der Waals surface area contributed by atoms with Gasteiger partial charge in [-0.25, -0.2) is 0 Å². The Morgan fingerprint density at radius 2 is 2.53 bits per heavy atom. The van der Waals surface area contributed by atoms with Gasteiger partial charge in [0.2, 0.25) is 0 Å². The van der Waals surface area contributed by atoms with Crippen molar-refractivity contribution >= 4 is 5.97 Å². The predicted molar refractivity (Wildman–Crippen MR) is 63.4 cm³/mol. The fourth-order valence-electron chi connectivity index (χ4n) is 2.22. The van der Waals surface area contributed by atoms with E-state index in [0.717, 1.165) is 13.1 Å². The normalized spacial score (nSPS) is 28.2. The zero-order valence-corrected chi connectivity index (χ0v) is 10.3. The Kier molecular flexibility index (Phi) is 5.21. The summed E-state index contributed by atoms with van der Waals surface area (Å²) in [5, 5.41) is 9.88. The third-order valence-corrected chi connectivity index (χ3v) is 3.25. The van der Waals surface area contributed by atoms with Gasteiger partial charge in [0.25, 0.3) is 0 Å². The van der Waals surface area contributed by atoms with Crippen molar-refractivity contribution in [2.45, 2.75) is 18.9 Å². The maximum atomic E-state index is 11.9. The van der Waals surface area contributed by atoms with E-state index < -0.39 is 5.54 Å². The molecule has 0 saturated carbocycles. The molecular weight excluding hydrogens is 222 g/mol. The van der Waals surface area contributed by atoms with Gasteiger partial charge in [-0.1, -0.05) is 12.0 Å². The summed E-state index contributed by atoms with van der Waals surface area (Å²) in [7, 11) is 1.40. The van der Waals surface area contributed by atoms with Crippen LogP contribution in [-0.4, -0.2) is 44.8 Å². The van der Waals surface area contributed by atoms with Crippen molar-refractivity contribution in [2.75, 3.05) is 33.3 Å². The minimum Gasteiger partial charge on any atom is -0.468 e. The van der Waals surface area contributed by atoms with Gasteiger partial charge in [0.05, 0.1) is 7.11 Å². The standard InChI is InChI=1S/C10H19N5O2/c1-8-7-12-4-3-10(8,9(16)17-2)13-5-6-14-15-11/h8,12-13H,3-7H2,1-2H3. The van der Waals surface area contributed by atoms with Gasteiger partial charge >= 0.3 is 5.97 Å². The maximum Gasteiger partial charge on any atom is 0.326 e. The predicted octanol–water partition coefficient (Wildman–Crippen LogP) is 0.427. The lowest BCUT2D eigenvalue weighted by Gasteiger charge is -2.41. The van der Waals surface area contributed by atoms with E-state index in [0.29, 0.717) is 19.5 Å². The number of ether oxygens (including phenoxy) is 1. The first-order valence-electron chi connectivity index (χ1n) is 5.72. The van der Waals surface area contributed by atoms with E-state index in [4.69, 9.17) is 10.3 Å². The number of azide groups is 1. The van der Waals surface area contributed by atoms with Crippen LogP contribution in [-0.2, 0) is 9.53 Å². The van der Waals surface area contributed by atoms with Crippen molar-refractivity contribution < 1.29 is 9.53 Å². The minimum absolute atomic E-state index is 0.134. The number of nitrogens with one attached hydrogen (secondary N) is 2. The Morgan fingerprint density at radius 3 is 3.12 bits per heavy atom. The molecule has 17 heavy (non-hydrogen) atoms. The lowest BCUT2D eigenvalue weighted by molar-refractivity contribution is -0.152. The molecule has 0 aliphatic carbocycles. The van der Waals surface area contributed by atoms with Crippen molar-refractivity contribution in [3.63, 3.8) is 0 Å². The molecule has 0 aromatic heterocycles. The van der Waals surface area contributed by atoms with E-state index in [2.05, 4.69) is 20.7 Å². The van der Waals surface area contributed by atoms with Gasteiger partial charge in [-0.2, -0.15) is 0 Å². The average Bonchev–Trinajstić information content (AvgIpc) is 2.36. The summed E-state index contributed by atoms with van der Waals surface area (Å²) in [4.78, 5) is 14.6. The van der Waals surface area contributed by atoms with Crippen LogP contribution < -0.4 is 10.6 Å². The van der Waals surface area contributed by atoms with Gasteiger partial charge < -0.3 is 15.4 Å². The highest BCUT2D eigenvalue weighted by Crippen LogP contribution is 2.25. The molecule has 0 aromatic rings. The Labute approximate surface area is 101 Å². The molecule has 7 heteroatoms. The van der Waals surface area contributed by atoms with E-state index >= 15 is 0 Å². The summed E-state index contributed by atoms with van der Waals surface area (Å²) in [5.41, 5.74) is 7.54. The van der Waals surface area contributed by atoms with Crippen molar-refractivity contribution in [3.05, 3.63) is 10.4 Å². The Hall–Kier alpha value is -1.30. The number of rotatable bonds is 5. The molecule has 0 aromatic carbocycles. The summed E-state index contributed by atoms with van der Waals surface area (Å²) in [6.07, 6.45) is 0.678. The van der Waals surface area contributed by atoms with Crippen LogP contribution >= 0.6 is 0 Å². The topological polar surface area (TPSA) is 99.1 Å². The van der Waals surface area contributed by atoms with Crippen LogP contribution in [0.25, 0.3) is 10.4 Å². The van der Waals surface area contributed by atoms with Crippen molar-refractivity contribution in [2.24, 2.45) is 11.0 Å². The second-order valence-corrected chi connectivity index (χ2v) is 4.20. The number of hydrogen-bond donors (Lipinski definition) is 2. The number of esters is 1. The minimum atomic E-state index is -0.662. The first-order chi connectivity index (χ1) is 8.17. The molecule has 2 unspecified atom stereocenters. The molecule has 0 amide bonds. The van der Waals surface area contributed by atoms with Crippen molar-refractivity contribution in [1.29, 1.82) is 0 Å². The van der Waals surface area contributed by atoms with Gasteiger partial charge in [0, 0.05) is 24.5 Å². The highest BCUT2D eigenvalue weighted by molar-refractivity contribution is 5.81. The highest BCUT2D eigenvalue weighted by atomic mass is 16.5. The van der Waals surface area contributed by atoms with Gasteiger partial charge in [0.15, 0.2) is 0 Å². The SMILES string of the molecule is COC(=O)C1(NCCN=[N+]=[N-])CCNCC1C. The summed E-state index contributed by atoms with van der Waals surface area (Å²) in [5.74, 6) is -0.109. The zero-order chi connectivity index (χ0) is 12.7. The second kappa shape index (κ2) is 6.44. The number of carbonyl (C=O) groups excluding carboxylic acids is 1. The molecule has 0 spiro atoms. The molecule has 1 fully saturated rings. The van der Waals surface area contributed by atoms with Crippen molar-refractivity contribution in [1.82, 2.24) is 10.6 Å². The van der Waals surface area contributed by atoms with Gasteiger partial charge in [-0.05, 0) is 24.4 Å². The second-order valence-electron chi connectivity index (χ2n) is 4.20. The van der Waals surface area contributed by atoms with Gasteiger partial charge in [-0.3, -0.25) is 4.79 Å². The first-order valence-corrected chi connectivity index (χ1v) is 5.72. The molecule has 0 radical (unpaired) electrons. The van der Waals surface area contributed by atoms with E-state index in [1.165, 1.54) is 7.11 Å². The van der Waals surface area contributed by atoms with E-state index in [1.807, 2.05) is 6.92 Å². The lowest BCUT2D eigenvalue weighted by atomic mass is 9.79. The third kappa shape index (κ3) is 3.09. The van der Waals surface area contributed by atoms with Crippen LogP contribution in [0, 0.1) is 5.92 Å². The third-order valence-electron chi connectivity index (χ3n) is 3.25. The Bertz CT molecular complexity index is 316. The zero-order valence-electron chi connectivity index (χ0n) is 10.3. The molecule has 0 bridgehead atoms. The molecule has 1 heterocycles. The number of nitrogens with zero attached hydrogens (tertiary/aromatic N) is 3. The fourth-order valence-corrected chi connectivity index (χ4v) is 2.22. The summed E-state index contributed by atoms with van der Waals surface area (Å²) in [6.45, 7) is 4.35. The molecule has 1 rings (SSSR count).